The van der Waals surface area contributed by atoms with Crippen LogP contribution in [-0.2, 0) is 10.0 Å². The van der Waals surface area contributed by atoms with Crippen molar-refractivity contribution in [2.45, 2.75) is 0 Å². The monoisotopic (exact) mass is 287 g/mol. The fraction of sp³-hybridized carbons (Fsp3) is 0. The maximum atomic E-state index is 11.8. The van der Waals surface area contributed by atoms with E-state index in [0.29, 0.717) is 5.56 Å². The van der Waals surface area contributed by atoms with Crippen molar-refractivity contribution in [3.05, 3.63) is 77.2 Å². The van der Waals surface area contributed by atoms with Crippen molar-refractivity contribution in [3.8, 4) is 0 Å². The molecule has 20 heavy (non-hydrogen) atoms. The number of rotatable bonds is 4. The Kier molecular flexibility index (Phi) is 4.32. The summed E-state index contributed by atoms with van der Waals surface area (Å²) in [6.45, 7) is 0. The van der Waals surface area contributed by atoms with Crippen LogP contribution in [0.2, 0.25) is 0 Å². The standard InChI is InChI=1S/C15H13NO3S/c17-15(14-9-5-2-6-10-14)16-20(18,19)12-11-13-7-3-1-4-8-13/h1-12H,(H,16,17)/b12-11+. The zero-order valence-corrected chi connectivity index (χ0v) is 11.4. The highest BCUT2D eigenvalue weighted by Crippen LogP contribution is 2.04. The molecule has 0 saturated heterocycles. The van der Waals surface area contributed by atoms with Crippen LogP contribution < -0.4 is 4.72 Å². The first-order valence-corrected chi connectivity index (χ1v) is 7.47. The number of benzene rings is 2. The van der Waals surface area contributed by atoms with Gasteiger partial charge >= 0.3 is 0 Å². The quantitative estimate of drug-likeness (QED) is 0.939. The highest BCUT2D eigenvalue weighted by Gasteiger charge is 2.12. The Morgan fingerprint density at radius 3 is 2.05 bits per heavy atom. The van der Waals surface area contributed by atoms with Crippen molar-refractivity contribution in [2.24, 2.45) is 0 Å². The Morgan fingerprint density at radius 2 is 1.45 bits per heavy atom. The van der Waals surface area contributed by atoms with Gasteiger partial charge in [0.05, 0.1) is 5.41 Å². The average Bonchev–Trinajstić information content (AvgIpc) is 2.47. The molecule has 0 spiro atoms. The van der Waals surface area contributed by atoms with Gasteiger partial charge in [0, 0.05) is 5.56 Å². The van der Waals surface area contributed by atoms with E-state index in [0.717, 1.165) is 11.0 Å². The smallest absolute Gasteiger partial charge is 0.264 e. The van der Waals surface area contributed by atoms with Gasteiger partial charge in [-0.2, -0.15) is 0 Å². The third-order valence-corrected chi connectivity index (χ3v) is 3.47. The molecule has 0 aliphatic rings. The molecule has 0 aromatic heterocycles. The molecule has 2 aromatic rings. The minimum absolute atomic E-state index is 0.296. The van der Waals surface area contributed by atoms with Crippen LogP contribution in [0.25, 0.3) is 6.08 Å². The van der Waals surface area contributed by atoms with Crippen LogP contribution in [0.1, 0.15) is 15.9 Å². The lowest BCUT2D eigenvalue weighted by atomic mass is 10.2. The largest absolute Gasteiger partial charge is 0.268 e. The highest BCUT2D eigenvalue weighted by molar-refractivity contribution is 7.93. The summed E-state index contributed by atoms with van der Waals surface area (Å²) < 4.78 is 25.5. The first-order valence-electron chi connectivity index (χ1n) is 5.92. The molecule has 5 heteroatoms. The Bertz CT molecular complexity index is 707. The van der Waals surface area contributed by atoms with Gasteiger partial charge in [0.2, 0.25) is 0 Å². The van der Waals surface area contributed by atoms with Gasteiger partial charge in [-0.25, -0.2) is 13.1 Å². The lowest BCUT2D eigenvalue weighted by Crippen LogP contribution is -2.28. The van der Waals surface area contributed by atoms with Crippen molar-refractivity contribution in [1.29, 1.82) is 0 Å². The van der Waals surface area contributed by atoms with Crippen molar-refractivity contribution in [1.82, 2.24) is 4.72 Å². The van der Waals surface area contributed by atoms with Crippen molar-refractivity contribution in [2.75, 3.05) is 0 Å². The molecule has 1 amide bonds. The Morgan fingerprint density at radius 1 is 0.900 bits per heavy atom. The third kappa shape index (κ3) is 4.07. The number of nitrogens with one attached hydrogen (secondary N) is 1. The predicted molar refractivity (Wildman–Crippen MR) is 78.3 cm³/mol. The fourth-order valence-corrected chi connectivity index (χ4v) is 2.32. The van der Waals surface area contributed by atoms with Gasteiger partial charge in [-0.05, 0) is 23.8 Å². The van der Waals surface area contributed by atoms with E-state index in [1.54, 1.807) is 54.6 Å². The number of carbonyl (C=O) groups is 1. The van der Waals surface area contributed by atoms with Gasteiger partial charge in [-0.1, -0.05) is 48.5 Å². The van der Waals surface area contributed by atoms with Gasteiger partial charge in [0.25, 0.3) is 15.9 Å². The molecule has 0 bridgehead atoms. The number of carbonyl (C=O) groups excluding carboxylic acids is 1. The molecule has 1 N–H and O–H groups in total. The molecule has 0 heterocycles. The molecule has 102 valence electrons. The third-order valence-electron chi connectivity index (χ3n) is 2.51. The van der Waals surface area contributed by atoms with E-state index in [9.17, 15) is 13.2 Å². The number of hydrogen-bond donors (Lipinski definition) is 1. The van der Waals surface area contributed by atoms with Gasteiger partial charge < -0.3 is 0 Å². The maximum absolute atomic E-state index is 11.8. The predicted octanol–water partition coefficient (Wildman–Crippen LogP) is 2.42. The minimum Gasteiger partial charge on any atom is -0.268 e. The zero-order chi connectivity index (χ0) is 14.4. The van der Waals surface area contributed by atoms with Gasteiger partial charge in [-0.3, -0.25) is 4.79 Å². The Balaban J connectivity index is 2.09. The lowest BCUT2D eigenvalue weighted by Gasteiger charge is -2.02. The van der Waals surface area contributed by atoms with Crippen LogP contribution in [0, 0.1) is 0 Å². The fourth-order valence-electron chi connectivity index (χ4n) is 1.54. The van der Waals surface area contributed by atoms with E-state index < -0.39 is 15.9 Å². The summed E-state index contributed by atoms with van der Waals surface area (Å²) in [5.41, 5.74) is 1.04. The van der Waals surface area contributed by atoms with E-state index in [1.807, 2.05) is 10.8 Å². The van der Waals surface area contributed by atoms with Crippen LogP contribution in [0.3, 0.4) is 0 Å². The summed E-state index contributed by atoms with van der Waals surface area (Å²) in [4.78, 5) is 11.7. The van der Waals surface area contributed by atoms with Crippen LogP contribution in [0.4, 0.5) is 0 Å². The van der Waals surface area contributed by atoms with Gasteiger partial charge in [0.1, 0.15) is 0 Å². The van der Waals surface area contributed by atoms with Crippen molar-refractivity contribution < 1.29 is 13.2 Å². The van der Waals surface area contributed by atoms with Crippen molar-refractivity contribution >= 4 is 22.0 Å². The van der Waals surface area contributed by atoms with E-state index in [4.69, 9.17) is 0 Å². The SMILES string of the molecule is O=C(NS(=O)(=O)/C=C/c1ccccc1)c1ccccc1. The second kappa shape index (κ2) is 6.16. The average molecular weight is 287 g/mol. The molecular formula is C15H13NO3S. The topological polar surface area (TPSA) is 63.2 Å². The molecular weight excluding hydrogens is 274 g/mol. The first-order chi connectivity index (χ1) is 9.57. The van der Waals surface area contributed by atoms with Crippen LogP contribution >= 0.6 is 0 Å². The lowest BCUT2D eigenvalue weighted by molar-refractivity contribution is 0.0982. The Labute approximate surface area is 117 Å². The summed E-state index contributed by atoms with van der Waals surface area (Å²) in [6, 6.07) is 17.2. The molecule has 0 fully saturated rings. The normalized spacial score (nSPS) is 11.4. The molecule has 0 aliphatic heterocycles. The second-order valence-electron chi connectivity index (χ2n) is 4.06. The highest BCUT2D eigenvalue weighted by atomic mass is 32.2. The summed E-state index contributed by atoms with van der Waals surface area (Å²) in [5, 5.41) is 0.975. The summed E-state index contributed by atoms with van der Waals surface area (Å²) in [7, 11) is -3.81. The zero-order valence-electron chi connectivity index (χ0n) is 10.6. The van der Waals surface area contributed by atoms with Crippen LogP contribution in [0.15, 0.2) is 66.1 Å². The van der Waals surface area contributed by atoms with Crippen molar-refractivity contribution in [3.63, 3.8) is 0 Å². The minimum atomic E-state index is -3.81. The molecule has 0 unspecified atom stereocenters. The molecule has 0 atom stereocenters. The molecule has 0 saturated carbocycles. The van der Waals surface area contributed by atoms with E-state index in [1.165, 1.54) is 6.08 Å². The van der Waals surface area contributed by atoms with E-state index >= 15 is 0 Å². The van der Waals surface area contributed by atoms with Crippen LogP contribution in [0.5, 0.6) is 0 Å². The number of hydrogen-bond acceptors (Lipinski definition) is 3. The molecule has 2 aromatic carbocycles. The van der Waals surface area contributed by atoms with E-state index in [2.05, 4.69) is 0 Å². The van der Waals surface area contributed by atoms with E-state index in [-0.39, 0.29) is 0 Å². The number of sulfonamides is 1. The summed E-state index contributed by atoms with van der Waals surface area (Å²) >= 11 is 0. The molecule has 0 radical (unpaired) electrons. The second-order valence-corrected chi connectivity index (χ2v) is 5.62. The number of amides is 1. The van der Waals surface area contributed by atoms with Crippen LogP contribution in [-0.4, -0.2) is 14.3 Å². The molecule has 0 aliphatic carbocycles. The van der Waals surface area contributed by atoms with Gasteiger partial charge in [-0.15, -0.1) is 0 Å². The first kappa shape index (κ1) is 14.0. The Hall–Kier alpha value is -2.40. The maximum Gasteiger partial charge on any atom is 0.264 e. The molecule has 2 rings (SSSR count). The summed E-state index contributed by atoms with van der Waals surface area (Å²) in [6.07, 6.45) is 1.43. The summed E-state index contributed by atoms with van der Waals surface area (Å²) in [5.74, 6) is -0.650. The molecule has 4 nitrogen and oxygen atoms in total. The van der Waals surface area contributed by atoms with Gasteiger partial charge in [0.15, 0.2) is 0 Å².